The first-order valence-electron chi connectivity index (χ1n) is 10.1. The quantitative estimate of drug-likeness (QED) is 0.368. The molecule has 0 bridgehead atoms. The Morgan fingerprint density at radius 3 is 2.62 bits per heavy atom. The van der Waals surface area contributed by atoms with Gasteiger partial charge in [-0.1, -0.05) is 54.6 Å². The highest BCUT2D eigenvalue weighted by atomic mass is 35.5. The monoisotopic (exact) mass is 443 g/mol. The number of halogens is 1. The lowest BCUT2D eigenvalue weighted by Crippen LogP contribution is -2.29. The Morgan fingerprint density at radius 1 is 1.03 bits per heavy atom. The zero-order valence-corrected chi connectivity index (χ0v) is 17.7. The molecule has 3 aromatic carbocycles. The highest BCUT2D eigenvalue weighted by molar-refractivity contribution is 6.31. The summed E-state index contributed by atoms with van der Waals surface area (Å²) in [6, 6.07) is 20.7. The van der Waals surface area contributed by atoms with Crippen LogP contribution in [0.4, 0.5) is 5.69 Å². The van der Waals surface area contributed by atoms with Gasteiger partial charge in [0.15, 0.2) is 5.43 Å². The van der Waals surface area contributed by atoms with Crippen LogP contribution in [0, 0.1) is 0 Å². The molecule has 1 aromatic heterocycles. The Bertz CT molecular complexity index is 1410. The maximum atomic E-state index is 13.6. The van der Waals surface area contributed by atoms with E-state index in [1.54, 1.807) is 29.2 Å². The van der Waals surface area contributed by atoms with Gasteiger partial charge in [0.2, 0.25) is 5.76 Å². The van der Waals surface area contributed by atoms with Gasteiger partial charge in [-0.3, -0.25) is 14.5 Å². The first kappa shape index (κ1) is 20.1. The molecule has 32 heavy (non-hydrogen) atoms. The lowest BCUT2D eigenvalue weighted by Gasteiger charge is -2.25. The molecule has 1 atom stereocenters. The topological polar surface area (TPSA) is 59.8 Å². The molecule has 1 amide bonds. The van der Waals surface area contributed by atoms with Crippen LogP contribution in [0.5, 0.6) is 5.75 Å². The second-order valence-electron chi connectivity index (χ2n) is 7.40. The van der Waals surface area contributed by atoms with E-state index in [1.165, 1.54) is 0 Å². The summed E-state index contributed by atoms with van der Waals surface area (Å²) >= 11 is 6.13. The molecule has 2 heterocycles. The number of benzene rings is 3. The van der Waals surface area contributed by atoms with Crippen LogP contribution in [0.3, 0.4) is 0 Å². The Kier molecular flexibility index (Phi) is 5.04. The van der Waals surface area contributed by atoms with E-state index in [2.05, 4.69) is 6.58 Å². The van der Waals surface area contributed by atoms with Crippen molar-refractivity contribution in [2.24, 2.45) is 0 Å². The van der Waals surface area contributed by atoms with Crippen molar-refractivity contribution < 1.29 is 13.9 Å². The zero-order chi connectivity index (χ0) is 22.2. The second kappa shape index (κ2) is 8.02. The molecule has 5 nitrogen and oxygen atoms in total. The number of nitrogens with zero attached hydrogens (tertiary/aromatic N) is 1. The molecule has 0 N–H and O–H groups in total. The van der Waals surface area contributed by atoms with Crippen molar-refractivity contribution in [3.05, 3.63) is 118 Å². The van der Waals surface area contributed by atoms with Crippen molar-refractivity contribution in [1.82, 2.24) is 0 Å². The van der Waals surface area contributed by atoms with E-state index in [1.807, 2.05) is 54.6 Å². The molecule has 0 aliphatic carbocycles. The maximum absolute atomic E-state index is 13.6. The summed E-state index contributed by atoms with van der Waals surface area (Å²) in [5.41, 5.74) is 1.72. The zero-order valence-electron chi connectivity index (χ0n) is 17.0. The first-order valence-corrected chi connectivity index (χ1v) is 10.4. The van der Waals surface area contributed by atoms with Crippen LogP contribution in [-0.4, -0.2) is 12.5 Å². The van der Waals surface area contributed by atoms with Gasteiger partial charge in [0, 0.05) is 10.7 Å². The van der Waals surface area contributed by atoms with E-state index in [4.69, 9.17) is 20.8 Å². The Labute approximate surface area is 189 Å². The number of fused-ring (bicyclic) bond motifs is 2. The molecular weight excluding hydrogens is 426 g/mol. The number of hydrogen-bond donors (Lipinski definition) is 0. The summed E-state index contributed by atoms with van der Waals surface area (Å²) in [5, 5.41) is 0.758. The average Bonchev–Trinajstić information content (AvgIpc) is 3.11. The number of anilines is 1. The van der Waals surface area contributed by atoms with Crippen molar-refractivity contribution in [3.8, 4) is 5.75 Å². The van der Waals surface area contributed by atoms with Crippen molar-refractivity contribution in [2.45, 2.75) is 6.04 Å². The Morgan fingerprint density at radius 2 is 1.84 bits per heavy atom. The maximum Gasteiger partial charge on any atom is 0.295 e. The molecule has 1 unspecified atom stereocenters. The number of para-hydroxylation sites is 1. The van der Waals surface area contributed by atoms with Crippen LogP contribution in [0.15, 0.2) is 94.7 Å². The summed E-state index contributed by atoms with van der Waals surface area (Å²) in [4.78, 5) is 28.7. The standard InChI is InChI=1S/C26H18ClNO4/c1-2-13-31-19-10-6-7-16(14-19)23-22-24(29)20-15-17(27)11-12-21(20)32-25(22)26(30)28(23)18-8-4-3-5-9-18/h2-12,14-15,23H,1,13H2. The van der Waals surface area contributed by atoms with Gasteiger partial charge in [0.1, 0.15) is 17.9 Å². The SMILES string of the molecule is C=CCOc1cccc(C2c3c(oc4ccc(Cl)cc4c3=O)C(=O)N2c2ccccc2)c1. The predicted molar refractivity (Wildman–Crippen MR) is 125 cm³/mol. The van der Waals surface area contributed by atoms with Gasteiger partial charge in [-0.05, 0) is 48.0 Å². The minimum absolute atomic E-state index is 0.0380. The van der Waals surface area contributed by atoms with E-state index >= 15 is 0 Å². The summed E-state index contributed by atoms with van der Waals surface area (Å²) < 4.78 is 11.6. The first-order chi connectivity index (χ1) is 15.6. The summed E-state index contributed by atoms with van der Waals surface area (Å²) in [7, 11) is 0. The molecule has 0 saturated carbocycles. The number of ether oxygens (including phenoxy) is 1. The average molecular weight is 444 g/mol. The number of hydrogen-bond acceptors (Lipinski definition) is 4. The van der Waals surface area contributed by atoms with Gasteiger partial charge in [-0.2, -0.15) is 0 Å². The fourth-order valence-corrected chi connectivity index (χ4v) is 4.22. The van der Waals surface area contributed by atoms with E-state index in [0.717, 1.165) is 5.56 Å². The molecule has 4 aromatic rings. The van der Waals surface area contributed by atoms with Crippen molar-refractivity contribution in [3.63, 3.8) is 0 Å². The van der Waals surface area contributed by atoms with Gasteiger partial charge in [0.25, 0.3) is 5.91 Å². The molecule has 1 aliphatic rings. The molecule has 0 spiro atoms. The van der Waals surface area contributed by atoms with Gasteiger partial charge in [0.05, 0.1) is 17.0 Å². The number of amides is 1. The number of carbonyl (C=O) groups excluding carboxylic acids is 1. The van der Waals surface area contributed by atoms with Gasteiger partial charge < -0.3 is 9.15 Å². The summed E-state index contributed by atoms with van der Waals surface area (Å²) in [6.07, 6.45) is 1.65. The van der Waals surface area contributed by atoms with Crippen LogP contribution >= 0.6 is 11.6 Å². The predicted octanol–water partition coefficient (Wildman–Crippen LogP) is 5.76. The fraction of sp³-hybridized carbons (Fsp3) is 0.0769. The molecule has 1 aliphatic heterocycles. The lowest BCUT2D eigenvalue weighted by molar-refractivity contribution is 0.0971. The van der Waals surface area contributed by atoms with E-state index < -0.39 is 6.04 Å². The van der Waals surface area contributed by atoms with E-state index in [-0.39, 0.29) is 22.7 Å². The Balaban J connectivity index is 1.77. The minimum atomic E-state index is -0.674. The van der Waals surface area contributed by atoms with Crippen LogP contribution in [-0.2, 0) is 0 Å². The summed E-state index contributed by atoms with van der Waals surface area (Å²) in [6.45, 7) is 4.02. The third-order valence-electron chi connectivity index (χ3n) is 5.41. The highest BCUT2D eigenvalue weighted by Gasteiger charge is 2.43. The third-order valence-corrected chi connectivity index (χ3v) is 5.64. The fourth-order valence-electron chi connectivity index (χ4n) is 4.04. The second-order valence-corrected chi connectivity index (χ2v) is 7.84. The summed E-state index contributed by atoms with van der Waals surface area (Å²) in [5.74, 6) is 0.281. The van der Waals surface area contributed by atoms with Crippen LogP contribution in [0.1, 0.15) is 27.7 Å². The van der Waals surface area contributed by atoms with Gasteiger partial charge >= 0.3 is 0 Å². The molecule has 5 rings (SSSR count). The van der Waals surface area contributed by atoms with Crippen LogP contribution in [0.2, 0.25) is 5.02 Å². The van der Waals surface area contributed by atoms with Gasteiger partial charge in [-0.15, -0.1) is 0 Å². The molecule has 0 fully saturated rings. The molecule has 0 saturated heterocycles. The van der Waals surface area contributed by atoms with E-state index in [0.29, 0.717) is 34.0 Å². The van der Waals surface area contributed by atoms with Gasteiger partial charge in [-0.25, -0.2) is 0 Å². The molecular formula is C26H18ClNO4. The van der Waals surface area contributed by atoms with Crippen LogP contribution < -0.4 is 15.1 Å². The number of rotatable bonds is 5. The van der Waals surface area contributed by atoms with Crippen molar-refractivity contribution in [1.29, 1.82) is 0 Å². The normalized spacial score (nSPS) is 15.1. The molecule has 158 valence electrons. The third kappa shape index (κ3) is 3.27. The molecule has 6 heteroatoms. The highest BCUT2D eigenvalue weighted by Crippen LogP contribution is 2.41. The Hall–Kier alpha value is -3.83. The minimum Gasteiger partial charge on any atom is -0.490 e. The largest absolute Gasteiger partial charge is 0.490 e. The lowest BCUT2D eigenvalue weighted by atomic mass is 9.98. The van der Waals surface area contributed by atoms with Crippen molar-refractivity contribution in [2.75, 3.05) is 11.5 Å². The number of carbonyl (C=O) groups is 1. The van der Waals surface area contributed by atoms with Crippen LogP contribution in [0.25, 0.3) is 11.0 Å². The molecule has 0 radical (unpaired) electrons. The van der Waals surface area contributed by atoms with E-state index in [9.17, 15) is 9.59 Å². The van der Waals surface area contributed by atoms with Crippen molar-refractivity contribution >= 4 is 34.2 Å². The smallest absolute Gasteiger partial charge is 0.295 e.